The van der Waals surface area contributed by atoms with Crippen molar-refractivity contribution in [3.05, 3.63) is 107 Å². The molecule has 2 amide bonds. The average Bonchev–Trinajstić information content (AvgIpc) is 2.82. The Labute approximate surface area is 199 Å². The van der Waals surface area contributed by atoms with E-state index < -0.39 is 0 Å². The van der Waals surface area contributed by atoms with Crippen LogP contribution in [0.1, 0.15) is 68.8 Å². The fourth-order valence-corrected chi connectivity index (χ4v) is 4.02. The van der Waals surface area contributed by atoms with E-state index in [2.05, 4.69) is 106 Å². The topological polar surface area (TPSA) is 32.3 Å². The van der Waals surface area contributed by atoms with Crippen molar-refractivity contribution in [3.8, 4) is 0 Å². The predicted molar refractivity (Wildman–Crippen MR) is 138 cm³/mol. The Morgan fingerprint density at radius 3 is 2.03 bits per heavy atom. The van der Waals surface area contributed by atoms with Crippen LogP contribution in [0.5, 0.6) is 0 Å². The van der Waals surface area contributed by atoms with Crippen molar-refractivity contribution in [2.75, 3.05) is 6.54 Å². The molecule has 0 aromatic heterocycles. The molecule has 0 saturated heterocycles. The minimum absolute atomic E-state index is 0.00636. The number of carbonyl (C=O) groups excluding carboxylic acids is 1. The lowest BCUT2D eigenvalue weighted by atomic mass is 9.86. The largest absolute Gasteiger partial charge is 0.338 e. The van der Waals surface area contributed by atoms with E-state index in [1.54, 1.807) is 0 Å². The zero-order chi connectivity index (χ0) is 23.7. The monoisotopic (exact) mass is 442 g/mol. The maximum absolute atomic E-state index is 13.5. The fraction of sp³-hybridized carbons (Fsp3) is 0.367. The van der Waals surface area contributed by atoms with Gasteiger partial charge in [0.05, 0.1) is 6.04 Å². The summed E-state index contributed by atoms with van der Waals surface area (Å²) < 4.78 is 0. The molecule has 0 saturated carbocycles. The number of nitrogens with zero attached hydrogens (tertiary/aromatic N) is 1. The van der Waals surface area contributed by atoms with Crippen molar-refractivity contribution in [1.82, 2.24) is 10.2 Å². The third kappa shape index (κ3) is 7.21. The smallest absolute Gasteiger partial charge is 0.318 e. The highest BCUT2D eigenvalue weighted by molar-refractivity contribution is 5.75. The molecule has 1 atom stereocenters. The van der Waals surface area contributed by atoms with Crippen molar-refractivity contribution in [1.29, 1.82) is 0 Å². The van der Waals surface area contributed by atoms with Gasteiger partial charge < -0.3 is 10.2 Å². The summed E-state index contributed by atoms with van der Waals surface area (Å²) in [4.78, 5) is 15.5. The number of unbranched alkanes of at least 4 members (excludes halogenated alkanes) is 1. The molecule has 0 aliphatic heterocycles. The molecule has 0 heterocycles. The van der Waals surface area contributed by atoms with Gasteiger partial charge in [0.15, 0.2) is 0 Å². The second kappa shape index (κ2) is 11.7. The molecule has 3 rings (SSSR count). The van der Waals surface area contributed by atoms with Crippen LogP contribution in [0.15, 0.2) is 84.9 Å². The number of hydrogen-bond donors (Lipinski definition) is 1. The highest BCUT2D eigenvalue weighted by atomic mass is 16.2. The van der Waals surface area contributed by atoms with Gasteiger partial charge in [-0.15, -0.1) is 0 Å². The summed E-state index contributed by atoms with van der Waals surface area (Å²) in [6, 6.07) is 29.5. The van der Waals surface area contributed by atoms with E-state index in [1.807, 2.05) is 17.0 Å². The first-order valence-corrected chi connectivity index (χ1v) is 12.1. The van der Waals surface area contributed by atoms with Gasteiger partial charge in [-0.25, -0.2) is 4.79 Å². The number of rotatable bonds is 9. The van der Waals surface area contributed by atoms with Gasteiger partial charge in [0, 0.05) is 13.1 Å². The highest BCUT2D eigenvalue weighted by Gasteiger charge is 2.26. The molecule has 0 aliphatic carbocycles. The van der Waals surface area contributed by atoms with E-state index in [9.17, 15) is 4.79 Å². The van der Waals surface area contributed by atoms with E-state index >= 15 is 0 Å². The molecule has 0 aliphatic rings. The van der Waals surface area contributed by atoms with Gasteiger partial charge in [-0.3, -0.25) is 0 Å². The van der Waals surface area contributed by atoms with E-state index in [0.717, 1.165) is 30.4 Å². The average molecular weight is 443 g/mol. The molecule has 3 aromatic carbocycles. The Morgan fingerprint density at radius 2 is 1.45 bits per heavy atom. The van der Waals surface area contributed by atoms with Gasteiger partial charge >= 0.3 is 6.03 Å². The van der Waals surface area contributed by atoms with Crippen LogP contribution in [-0.4, -0.2) is 17.5 Å². The second-order valence-corrected chi connectivity index (χ2v) is 9.78. The summed E-state index contributed by atoms with van der Waals surface area (Å²) in [5.74, 6) is 0. The van der Waals surface area contributed by atoms with E-state index in [4.69, 9.17) is 0 Å². The maximum Gasteiger partial charge on any atom is 0.318 e. The second-order valence-electron chi connectivity index (χ2n) is 9.78. The van der Waals surface area contributed by atoms with Crippen LogP contribution in [0, 0.1) is 0 Å². The van der Waals surface area contributed by atoms with Crippen LogP contribution in [0.3, 0.4) is 0 Å². The van der Waals surface area contributed by atoms with E-state index in [0.29, 0.717) is 13.1 Å². The van der Waals surface area contributed by atoms with Crippen molar-refractivity contribution in [2.45, 2.75) is 65.0 Å². The summed E-state index contributed by atoms with van der Waals surface area (Å²) in [7, 11) is 0. The molecular weight excluding hydrogens is 404 g/mol. The van der Waals surface area contributed by atoms with E-state index in [1.165, 1.54) is 11.1 Å². The quantitative estimate of drug-likeness (QED) is 0.347. The lowest BCUT2D eigenvalue weighted by Gasteiger charge is -2.33. The zero-order valence-electron chi connectivity index (χ0n) is 20.6. The van der Waals surface area contributed by atoms with Gasteiger partial charge in [0.2, 0.25) is 0 Å². The highest BCUT2D eigenvalue weighted by Crippen LogP contribution is 2.28. The minimum atomic E-state index is -0.0579. The van der Waals surface area contributed by atoms with Crippen LogP contribution < -0.4 is 5.32 Å². The van der Waals surface area contributed by atoms with Gasteiger partial charge in [0.1, 0.15) is 0 Å². The summed E-state index contributed by atoms with van der Waals surface area (Å²) in [6.45, 7) is 10.1. The van der Waals surface area contributed by atoms with Crippen molar-refractivity contribution in [2.24, 2.45) is 0 Å². The van der Waals surface area contributed by atoms with Crippen LogP contribution in [0.2, 0.25) is 0 Å². The standard InChI is InChI=1S/C30H38N2O/c1-5-6-21-31-29(33)32(23-25-17-19-27(20-18-25)30(2,3)4)28(26-15-11-8-12-16-26)22-24-13-9-7-10-14-24/h7-20,28H,5-6,21-23H2,1-4H3,(H,31,33). The normalized spacial score (nSPS) is 12.2. The number of benzene rings is 3. The summed E-state index contributed by atoms with van der Waals surface area (Å²) in [5.41, 5.74) is 4.92. The van der Waals surface area contributed by atoms with Gasteiger partial charge in [-0.2, -0.15) is 0 Å². The molecule has 3 heteroatoms. The minimum Gasteiger partial charge on any atom is -0.338 e. The molecule has 3 nitrogen and oxygen atoms in total. The first-order valence-electron chi connectivity index (χ1n) is 12.1. The van der Waals surface area contributed by atoms with Crippen molar-refractivity contribution < 1.29 is 4.79 Å². The molecule has 0 spiro atoms. The molecule has 0 radical (unpaired) electrons. The van der Waals surface area contributed by atoms with E-state index in [-0.39, 0.29) is 17.5 Å². The van der Waals surface area contributed by atoms with Gasteiger partial charge in [0.25, 0.3) is 0 Å². The van der Waals surface area contributed by atoms with Crippen LogP contribution >= 0.6 is 0 Å². The van der Waals surface area contributed by atoms with Crippen LogP contribution in [-0.2, 0) is 18.4 Å². The fourth-order valence-electron chi connectivity index (χ4n) is 4.02. The first kappa shape index (κ1) is 24.6. The van der Waals surface area contributed by atoms with Crippen LogP contribution in [0.4, 0.5) is 4.79 Å². The Kier molecular flexibility index (Phi) is 8.71. The maximum atomic E-state index is 13.5. The Hall–Kier alpha value is -3.07. The number of nitrogens with one attached hydrogen (secondary N) is 1. The zero-order valence-corrected chi connectivity index (χ0v) is 20.6. The van der Waals surface area contributed by atoms with Crippen molar-refractivity contribution >= 4 is 6.03 Å². The Morgan fingerprint density at radius 1 is 0.848 bits per heavy atom. The van der Waals surface area contributed by atoms with Gasteiger partial charge in [-0.05, 0) is 40.5 Å². The molecule has 3 aromatic rings. The van der Waals surface area contributed by atoms with Gasteiger partial charge in [-0.1, -0.05) is 119 Å². The molecule has 33 heavy (non-hydrogen) atoms. The lowest BCUT2D eigenvalue weighted by molar-refractivity contribution is 0.169. The third-order valence-electron chi connectivity index (χ3n) is 6.07. The molecular formula is C30H38N2O. The molecule has 1 N–H and O–H groups in total. The predicted octanol–water partition coefficient (Wildman–Crippen LogP) is 7.28. The van der Waals surface area contributed by atoms with Crippen LogP contribution in [0.25, 0.3) is 0 Å². The number of hydrogen-bond acceptors (Lipinski definition) is 1. The molecule has 174 valence electrons. The molecule has 0 fully saturated rings. The third-order valence-corrected chi connectivity index (χ3v) is 6.07. The Balaban J connectivity index is 1.94. The molecule has 1 unspecified atom stereocenters. The SMILES string of the molecule is CCCCNC(=O)N(Cc1ccc(C(C)(C)C)cc1)C(Cc1ccccc1)c1ccccc1. The number of urea groups is 1. The Bertz CT molecular complexity index is 975. The molecule has 0 bridgehead atoms. The first-order chi connectivity index (χ1) is 15.9. The number of amides is 2. The lowest BCUT2D eigenvalue weighted by Crippen LogP contribution is -2.43. The number of carbonyl (C=O) groups is 1. The summed E-state index contributed by atoms with van der Waals surface area (Å²) >= 11 is 0. The summed E-state index contributed by atoms with van der Waals surface area (Å²) in [5, 5.41) is 3.16. The van der Waals surface area contributed by atoms with Crippen molar-refractivity contribution in [3.63, 3.8) is 0 Å². The summed E-state index contributed by atoms with van der Waals surface area (Å²) in [6.07, 6.45) is 2.81.